The number of rotatable bonds is 11. The van der Waals surface area contributed by atoms with E-state index in [1.165, 1.54) is 43.3 Å². The van der Waals surface area contributed by atoms with Gasteiger partial charge in [-0.05, 0) is 89.2 Å². The highest BCUT2D eigenvalue weighted by molar-refractivity contribution is 7.87. The molecule has 0 spiro atoms. The third-order valence-electron chi connectivity index (χ3n) is 4.64. The van der Waals surface area contributed by atoms with Crippen LogP contribution >= 0.6 is 12.2 Å². The molecule has 0 aliphatic heterocycles. The predicted octanol–water partition coefficient (Wildman–Crippen LogP) is 4.74. The third-order valence-corrected chi connectivity index (χ3v) is 7.93. The van der Waals surface area contributed by atoms with E-state index >= 15 is 0 Å². The summed E-state index contributed by atoms with van der Waals surface area (Å²) >= 11 is 5.27. The Hall–Kier alpha value is -2.84. The molecule has 10 nitrogen and oxygen atoms in total. The standard InChI is InChI=1S/C26H35N3O7S3/c1-16(2)27-26(37)29-23-13-11-21(25(15-23)39(33,34)36-18(5)6)9-8-20-10-12-22(28-19(7)30)14-24(20)38(31,32)35-17(3)4/h8-18H,1-7H3,(H,28,30)(H2,27,29,37)/b9-8+. The Labute approximate surface area is 236 Å². The summed E-state index contributed by atoms with van der Waals surface area (Å²) < 4.78 is 62.5. The number of carbonyl (C=O) groups excluding carboxylic acids is 1. The largest absolute Gasteiger partial charge is 0.360 e. The van der Waals surface area contributed by atoms with Gasteiger partial charge in [0.15, 0.2) is 5.11 Å². The molecule has 13 heteroatoms. The van der Waals surface area contributed by atoms with Crippen molar-refractivity contribution in [3.63, 3.8) is 0 Å². The smallest absolute Gasteiger partial charge is 0.297 e. The quantitative estimate of drug-likeness (QED) is 0.189. The summed E-state index contributed by atoms with van der Waals surface area (Å²) in [5.74, 6) is -0.372. The van der Waals surface area contributed by atoms with Crippen LogP contribution in [-0.2, 0) is 33.4 Å². The van der Waals surface area contributed by atoms with Crippen molar-refractivity contribution in [1.82, 2.24) is 5.32 Å². The maximum atomic E-state index is 13.1. The van der Waals surface area contributed by atoms with Gasteiger partial charge < -0.3 is 16.0 Å². The lowest BCUT2D eigenvalue weighted by atomic mass is 10.1. The van der Waals surface area contributed by atoms with Gasteiger partial charge in [-0.3, -0.25) is 13.2 Å². The maximum Gasteiger partial charge on any atom is 0.297 e. The Morgan fingerprint density at radius 2 is 1.18 bits per heavy atom. The van der Waals surface area contributed by atoms with Crippen molar-refractivity contribution in [2.45, 2.75) is 76.5 Å². The van der Waals surface area contributed by atoms with Gasteiger partial charge in [-0.2, -0.15) is 16.8 Å². The Balaban J connectivity index is 2.63. The highest BCUT2D eigenvalue weighted by Crippen LogP contribution is 2.29. The lowest BCUT2D eigenvalue weighted by Gasteiger charge is -2.16. The zero-order valence-corrected chi connectivity index (χ0v) is 25.4. The van der Waals surface area contributed by atoms with Crippen LogP contribution in [0.4, 0.5) is 11.4 Å². The second kappa shape index (κ2) is 13.5. The van der Waals surface area contributed by atoms with Gasteiger partial charge in [-0.1, -0.05) is 24.3 Å². The first-order valence-corrected chi connectivity index (χ1v) is 15.4. The van der Waals surface area contributed by atoms with Crippen LogP contribution in [0.1, 0.15) is 59.6 Å². The van der Waals surface area contributed by atoms with Crippen LogP contribution in [0.2, 0.25) is 0 Å². The molecule has 0 aliphatic carbocycles. The first kappa shape index (κ1) is 32.4. The van der Waals surface area contributed by atoms with Gasteiger partial charge in [0.1, 0.15) is 9.79 Å². The summed E-state index contributed by atoms with van der Waals surface area (Å²) in [6.45, 7) is 11.5. The molecular formula is C26H35N3O7S3. The van der Waals surface area contributed by atoms with Gasteiger partial charge in [-0.15, -0.1) is 0 Å². The van der Waals surface area contributed by atoms with Crippen molar-refractivity contribution in [2.75, 3.05) is 10.6 Å². The molecule has 0 bridgehead atoms. The van der Waals surface area contributed by atoms with Crippen molar-refractivity contribution in [2.24, 2.45) is 0 Å². The molecule has 2 rings (SSSR count). The van der Waals surface area contributed by atoms with Crippen LogP contribution in [0.3, 0.4) is 0 Å². The number of hydrogen-bond donors (Lipinski definition) is 3. The van der Waals surface area contributed by atoms with Gasteiger partial charge in [0.2, 0.25) is 5.91 Å². The van der Waals surface area contributed by atoms with E-state index in [4.69, 9.17) is 20.6 Å². The van der Waals surface area contributed by atoms with Gasteiger partial charge in [0.05, 0.1) is 12.2 Å². The first-order chi connectivity index (χ1) is 18.0. The number of amides is 1. The summed E-state index contributed by atoms with van der Waals surface area (Å²) in [5.41, 5.74) is 1.16. The van der Waals surface area contributed by atoms with Crippen LogP contribution < -0.4 is 16.0 Å². The number of benzene rings is 2. The Bertz CT molecular complexity index is 1450. The van der Waals surface area contributed by atoms with Crippen LogP contribution in [-0.4, -0.2) is 46.1 Å². The minimum absolute atomic E-state index is 0.0712. The van der Waals surface area contributed by atoms with Gasteiger partial charge in [0.25, 0.3) is 20.2 Å². The summed E-state index contributed by atoms with van der Waals surface area (Å²) in [5, 5.41) is 8.85. The van der Waals surface area contributed by atoms with E-state index in [-0.39, 0.29) is 38.6 Å². The second-order valence-corrected chi connectivity index (χ2v) is 13.0. The average Bonchev–Trinajstić information content (AvgIpc) is 2.76. The van der Waals surface area contributed by atoms with Crippen molar-refractivity contribution in [1.29, 1.82) is 0 Å². The molecule has 214 valence electrons. The molecule has 0 radical (unpaired) electrons. The van der Waals surface area contributed by atoms with Gasteiger partial charge >= 0.3 is 0 Å². The topological polar surface area (TPSA) is 140 Å². The zero-order chi connectivity index (χ0) is 29.5. The number of thiocarbonyl (C=S) groups is 1. The van der Waals surface area contributed by atoms with Gasteiger partial charge in [0, 0.05) is 24.3 Å². The molecule has 0 unspecified atom stereocenters. The number of nitrogens with one attached hydrogen (secondary N) is 3. The number of hydrogen-bond acceptors (Lipinski definition) is 8. The van der Waals surface area contributed by atoms with E-state index in [9.17, 15) is 21.6 Å². The summed E-state index contributed by atoms with van der Waals surface area (Å²) in [6, 6.07) is 8.97. The Kier molecular flexibility index (Phi) is 11.2. The van der Waals surface area contributed by atoms with Crippen molar-refractivity contribution in [3.05, 3.63) is 47.5 Å². The van der Waals surface area contributed by atoms with E-state index in [1.54, 1.807) is 39.8 Å². The highest BCUT2D eigenvalue weighted by Gasteiger charge is 2.23. The lowest BCUT2D eigenvalue weighted by molar-refractivity contribution is -0.114. The minimum atomic E-state index is -4.21. The fraction of sp³-hybridized carbons (Fsp3) is 0.385. The fourth-order valence-corrected chi connectivity index (χ4v) is 6.32. The van der Waals surface area contributed by atoms with Crippen molar-refractivity contribution in [3.8, 4) is 0 Å². The predicted molar refractivity (Wildman–Crippen MR) is 157 cm³/mol. The molecule has 0 atom stereocenters. The summed E-state index contributed by atoms with van der Waals surface area (Å²) in [6.07, 6.45) is 1.68. The van der Waals surface area contributed by atoms with Crippen molar-refractivity contribution >= 4 is 67.0 Å². The van der Waals surface area contributed by atoms with E-state index in [0.717, 1.165) is 0 Å². The van der Waals surface area contributed by atoms with Crippen LogP contribution in [0.5, 0.6) is 0 Å². The van der Waals surface area contributed by atoms with Crippen LogP contribution in [0.15, 0.2) is 46.2 Å². The molecule has 0 fully saturated rings. The van der Waals surface area contributed by atoms with E-state index < -0.39 is 32.4 Å². The molecular weight excluding hydrogens is 563 g/mol. The van der Waals surface area contributed by atoms with E-state index in [2.05, 4.69) is 16.0 Å². The normalized spacial score (nSPS) is 12.4. The van der Waals surface area contributed by atoms with Crippen molar-refractivity contribution < 1.29 is 30.0 Å². The molecule has 0 saturated heterocycles. The monoisotopic (exact) mass is 597 g/mol. The summed E-state index contributed by atoms with van der Waals surface area (Å²) in [7, 11) is -8.41. The van der Waals surface area contributed by atoms with E-state index in [1.807, 2.05) is 13.8 Å². The Morgan fingerprint density at radius 3 is 1.54 bits per heavy atom. The van der Waals surface area contributed by atoms with E-state index in [0.29, 0.717) is 10.8 Å². The molecule has 39 heavy (non-hydrogen) atoms. The third kappa shape index (κ3) is 10.0. The molecule has 2 aromatic rings. The Morgan fingerprint density at radius 1 is 0.769 bits per heavy atom. The molecule has 2 aromatic carbocycles. The lowest BCUT2D eigenvalue weighted by Crippen LogP contribution is -2.33. The fourth-order valence-electron chi connectivity index (χ4n) is 3.36. The second-order valence-electron chi connectivity index (χ2n) is 9.47. The van der Waals surface area contributed by atoms with Crippen LogP contribution in [0.25, 0.3) is 12.2 Å². The zero-order valence-electron chi connectivity index (χ0n) is 22.9. The number of carbonyl (C=O) groups is 1. The molecule has 0 heterocycles. The maximum absolute atomic E-state index is 13.1. The van der Waals surface area contributed by atoms with Crippen LogP contribution in [0, 0.1) is 0 Å². The molecule has 1 amide bonds. The summed E-state index contributed by atoms with van der Waals surface area (Å²) in [4.78, 5) is 11.2. The molecule has 0 aromatic heterocycles. The number of anilines is 2. The molecule has 0 aliphatic rings. The average molecular weight is 598 g/mol. The first-order valence-electron chi connectivity index (χ1n) is 12.2. The van der Waals surface area contributed by atoms with Gasteiger partial charge in [-0.25, -0.2) is 0 Å². The minimum Gasteiger partial charge on any atom is -0.360 e. The molecule has 3 N–H and O–H groups in total. The SMILES string of the molecule is CC(=O)Nc1ccc(/C=C/c2ccc(NC(=S)NC(C)C)cc2S(=O)(=O)OC(C)C)c(S(=O)(=O)OC(C)C)c1. The molecule has 0 saturated carbocycles. The highest BCUT2D eigenvalue weighted by atomic mass is 32.2.